The van der Waals surface area contributed by atoms with Crippen molar-refractivity contribution >= 4 is 21.2 Å². The smallest absolute Gasteiger partial charge is 0.159 e. The second-order valence-electron chi connectivity index (χ2n) is 3.61. The molecule has 4 nitrogen and oxygen atoms in total. The number of aromatic nitrogens is 1. The van der Waals surface area contributed by atoms with Crippen LogP contribution in [-0.2, 0) is 22.1 Å². The van der Waals surface area contributed by atoms with Crippen LogP contribution in [-0.4, -0.2) is 25.7 Å². The minimum absolute atomic E-state index is 0.0546. The molecule has 1 aromatic rings. The first-order valence-corrected chi connectivity index (χ1v) is 7.28. The van der Waals surface area contributed by atoms with Crippen LogP contribution in [0.4, 0.5) is 0 Å². The van der Waals surface area contributed by atoms with Crippen molar-refractivity contribution in [2.75, 3.05) is 7.05 Å². The zero-order valence-electron chi connectivity index (χ0n) is 9.15. The Bertz CT molecular complexity index is 410. The van der Waals surface area contributed by atoms with Crippen molar-refractivity contribution in [3.63, 3.8) is 0 Å². The van der Waals surface area contributed by atoms with E-state index in [9.17, 15) is 8.42 Å². The second-order valence-corrected chi connectivity index (χ2v) is 7.36. The van der Waals surface area contributed by atoms with Gasteiger partial charge < -0.3 is 5.32 Å². The summed E-state index contributed by atoms with van der Waals surface area (Å²) in [5, 5.41) is 3.34. The monoisotopic (exact) mass is 248 g/mol. The Balaban J connectivity index is 2.73. The minimum atomic E-state index is -3.03. The van der Waals surface area contributed by atoms with Crippen molar-refractivity contribution in [2.45, 2.75) is 31.4 Å². The average molecular weight is 248 g/mol. The summed E-state index contributed by atoms with van der Waals surface area (Å²) >= 11 is 1.45. The molecule has 1 heterocycles. The maximum atomic E-state index is 11.6. The average Bonchev–Trinajstić information content (AvgIpc) is 2.52. The lowest BCUT2D eigenvalue weighted by Crippen LogP contribution is -2.15. The Hall–Kier alpha value is -0.460. The molecule has 0 aliphatic heterocycles. The molecule has 0 fully saturated rings. The highest BCUT2D eigenvalue weighted by Crippen LogP contribution is 2.17. The van der Waals surface area contributed by atoms with E-state index in [0.717, 1.165) is 11.4 Å². The summed E-state index contributed by atoms with van der Waals surface area (Å²) in [6.07, 6.45) is 1.73. The maximum Gasteiger partial charge on any atom is 0.159 e. The highest BCUT2D eigenvalue weighted by Gasteiger charge is 2.18. The van der Waals surface area contributed by atoms with Crippen LogP contribution in [0.5, 0.6) is 0 Å². The number of nitrogens with zero attached hydrogens (tertiary/aromatic N) is 1. The molecule has 0 amide bonds. The molecule has 0 bridgehead atoms. The molecule has 0 saturated carbocycles. The zero-order valence-corrected chi connectivity index (χ0v) is 10.8. The van der Waals surface area contributed by atoms with E-state index in [2.05, 4.69) is 10.3 Å². The van der Waals surface area contributed by atoms with Crippen molar-refractivity contribution in [1.82, 2.24) is 10.3 Å². The molecule has 1 N–H and O–H groups in total. The first-order valence-electron chi connectivity index (χ1n) is 4.75. The molecule has 86 valence electrons. The molecule has 0 aliphatic carbocycles. The first-order chi connectivity index (χ1) is 6.95. The molecule has 0 unspecified atom stereocenters. The molecule has 0 saturated heterocycles. The SMILES string of the molecule is CNCc1cnc(CS(=O)(=O)C(C)C)s1. The van der Waals surface area contributed by atoms with E-state index < -0.39 is 9.84 Å². The molecule has 0 atom stereocenters. The number of nitrogens with one attached hydrogen (secondary N) is 1. The normalized spacial score (nSPS) is 12.3. The third kappa shape index (κ3) is 3.55. The van der Waals surface area contributed by atoms with E-state index in [1.807, 2.05) is 7.05 Å². The van der Waals surface area contributed by atoms with E-state index in [-0.39, 0.29) is 11.0 Å². The lowest BCUT2D eigenvalue weighted by atomic mass is 10.5. The zero-order chi connectivity index (χ0) is 11.5. The van der Waals surface area contributed by atoms with Gasteiger partial charge in [-0.2, -0.15) is 0 Å². The lowest BCUT2D eigenvalue weighted by Gasteiger charge is -2.04. The van der Waals surface area contributed by atoms with Crippen LogP contribution < -0.4 is 5.32 Å². The summed E-state index contributed by atoms with van der Waals surface area (Å²) in [7, 11) is -1.17. The molecule has 15 heavy (non-hydrogen) atoms. The third-order valence-electron chi connectivity index (χ3n) is 2.00. The molecule has 0 aliphatic rings. The highest BCUT2D eigenvalue weighted by molar-refractivity contribution is 7.91. The van der Waals surface area contributed by atoms with Crippen LogP contribution in [0, 0.1) is 0 Å². The van der Waals surface area contributed by atoms with Gasteiger partial charge in [0.2, 0.25) is 0 Å². The van der Waals surface area contributed by atoms with Gasteiger partial charge in [-0.15, -0.1) is 11.3 Å². The Morgan fingerprint density at radius 1 is 1.53 bits per heavy atom. The van der Waals surface area contributed by atoms with Gasteiger partial charge in [0.15, 0.2) is 9.84 Å². The van der Waals surface area contributed by atoms with Gasteiger partial charge >= 0.3 is 0 Å². The number of rotatable bonds is 5. The van der Waals surface area contributed by atoms with Gasteiger partial charge in [0.1, 0.15) is 10.8 Å². The minimum Gasteiger partial charge on any atom is -0.315 e. The van der Waals surface area contributed by atoms with Crippen molar-refractivity contribution in [3.05, 3.63) is 16.1 Å². The Kier molecular flexibility index (Phi) is 4.24. The number of hydrogen-bond donors (Lipinski definition) is 1. The quantitative estimate of drug-likeness (QED) is 0.850. The summed E-state index contributed by atoms with van der Waals surface area (Å²) in [4.78, 5) is 5.16. The number of hydrogen-bond acceptors (Lipinski definition) is 5. The molecule has 1 aromatic heterocycles. The van der Waals surface area contributed by atoms with E-state index in [4.69, 9.17) is 0 Å². The summed E-state index contributed by atoms with van der Waals surface area (Å²) in [6, 6.07) is 0. The van der Waals surface area contributed by atoms with Crippen LogP contribution in [0.3, 0.4) is 0 Å². The van der Waals surface area contributed by atoms with Crippen molar-refractivity contribution in [1.29, 1.82) is 0 Å². The van der Waals surface area contributed by atoms with Gasteiger partial charge in [0.25, 0.3) is 0 Å². The molecule has 0 radical (unpaired) electrons. The Labute approximate surface area is 94.7 Å². The van der Waals surface area contributed by atoms with E-state index in [1.54, 1.807) is 20.0 Å². The maximum absolute atomic E-state index is 11.6. The molecule has 0 spiro atoms. The molecular weight excluding hydrogens is 232 g/mol. The highest BCUT2D eigenvalue weighted by atomic mass is 32.2. The number of sulfone groups is 1. The molecule has 1 rings (SSSR count). The van der Waals surface area contributed by atoms with Crippen LogP contribution >= 0.6 is 11.3 Å². The standard InChI is InChI=1S/C9H16N2O2S2/c1-7(2)15(12,13)6-9-11-5-8(14-9)4-10-3/h5,7,10H,4,6H2,1-3H3. The van der Waals surface area contributed by atoms with Gasteiger partial charge in [-0.3, -0.25) is 0 Å². The largest absolute Gasteiger partial charge is 0.315 e. The van der Waals surface area contributed by atoms with Gasteiger partial charge in [-0.05, 0) is 20.9 Å². The van der Waals surface area contributed by atoms with Crippen molar-refractivity contribution in [2.24, 2.45) is 0 Å². The van der Waals surface area contributed by atoms with Gasteiger partial charge in [-0.25, -0.2) is 13.4 Å². The van der Waals surface area contributed by atoms with Crippen LogP contribution in [0.15, 0.2) is 6.20 Å². The topological polar surface area (TPSA) is 59.1 Å². The van der Waals surface area contributed by atoms with E-state index in [0.29, 0.717) is 5.01 Å². The molecule has 0 aromatic carbocycles. The summed E-state index contributed by atoms with van der Waals surface area (Å²) in [5.41, 5.74) is 0. The first kappa shape index (κ1) is 12.6. The predicted molar refractivity (Wildman–Crippen MR) is 62.6 cm³/mol. The predicted octanol–water partition coefficient (Wildman–Crippen LogP) is 1.19. The van der Waals surface area contributed by atoms with Crippen LogP contribution in [0.2, 0.25) is 0 Å². The summed E-state index contributed by atoms with van der Waals surface area (Å²) < 4.78 is 23.2. The molecular formula is C9H16N2O2S2. The van der Waals surface area contributed by atoms with Gasteiger partial charge in [-0.1, -0.05) is 0 Å². The van der Waals surface area contributed by atoms with E-state index in [1.165, 1.54) is 11.3 Å². The Morgan fingerprint density at radius 2 is 2.20 bits per heavy atom. The summed E-state index contributed by atoms with van der Waals surface area (Å²) in [5.74, 6) is 0.0546. The van der Waals surface area contributed by atoms with Crippen LogP contribution in [0.25, 0.3) is 0 Å². The molecule has 6 heteroatoms. The van der Waals surface area contributed by atoms with Crippen molar-refractivity contribution in [3.8, 4) is 0 Å². The Morgan fingerprint density at radius 3 is 2.73 bits per heavy atom. The van der Waals surface area contributed by atoms with Gasteiger partial charge in [0, 0.05) is 17.6 Å². The van der Waals surface area contributed by atoms with Crippen molar-refractivity contribution < 1.29 is 8.42 Å². The van der Waals surface area contributed by atoms with Crippen LogP contribution in [0.1, 0.15) is 23.7 Å². The number of thiazole rings is 1. The second kappa shape index (κ2) is 5.05. The fourth-order valence-electron chi connectivity index (χ4n) is 1.01. The van der Waals surface area contributed by atoms with Gasteiger partial charge in [0.05, 0.1) is 5.25 Å². The fourth-order valence-corrected chi connectivity index (χ4v) is 3.22. The van der Waals surface area contributed by atoms with E-state index >= 15 is 0 Å². The third-order valence-corrected chi connectivity index (χ3v) is 5.29. The lowest BCUT2D eigenvalue weighted by molar-refractivity contribution is 0.586. The summed E-state index contributed by atoms with van der Waals surface area (Å²) in [6.45, 7) is 4.12. The fraction of sp³-hybridized carbons (Fsp3) is 0.667.